The van der Waals surface area contributed by atoms with Crippen LogP contribution < -0.4 is 19.7 Å². The molecule has 7 heteroatoms. The molecule has 0 unspecified atom stereocenters. The first-order chi connectivity index (χ1) is 16.0. The van der Waals surface area contributed by atoms with Gasteiger partial charge >= 0.3 is 6.03 Å². The maximum absolute atomic E-state index is 13.1. The predicted molar refractivity (Wildman–Crippen MR) is 124 cm³/mol. The van der Waals surface area contributed by atoms with Gasteiger partial charge in [-0.15, -0.1) is 0 Å². The Morgan fingerprint density at radius 2 is 1.58 bits per heavy atom. The van der Waals surface area contributed by atoms with Crippen molar-refractivity contribution in [1.82, 2.24) is 5.32 Å². The van der Waals surface area contributed by atoms with Crippen LogP contribution in [0.2, 0.25) is 0 Å². The van der Waals surface area contributed by atoms with E-state index in [1.807, 2.05) is 43.3 Å². The summed E-state index contributed by atoms with van der Waals surface area (Å²) in [4.78, 5) is 38.9. The molecule has 0 bridgehead atoms. The van der Waals surface area contributed by atoms with E-state index >= 15 is 0 Å². The van der Waals surface area contributed by atoms with E-state index in [1.54, 1.807) is 42.5 Å². The van der Waals surface area contributed by atoms with Crippen molar-refractivity contribution in [2.75, 3.05) is 18.1 Å². The van der Waals surface area contributed by atoms with Crippen molar-refractivity contribution in [3.05, 3.63) is 95.6 Å². The number of imide groups is 2. The van der Waals surface area contributed by atoms with E-state index in [0.29, 0.717) is 23.6 Å². The molecule has 0 saturated carbocycles. The van der Waals surface area contributed by atoms with Gasteiger partial charge in [-0.2, -0.15) is 0 Å². The lowest BCUT2D eigenvalue weighted by Crippen LogP contribution is -2.54. The maximum atomic E-state index is 13.1. The first-order valence-electron chi connectivity index (χ1n) is 10.4. The van der Waals surface area contributed by atoms with Gasteiger partial charge in [-0.1, -0.05) is 48.5 Å². The minimum Gasteiger partial charge on any atom is -0.490 e. The lowest BCUT2D eigenvalue weighted by atomic mass is 10.1. The molecular formula is C26H22N2O5. The number of carbonyl (C=O) groups is 3. The van der Waals surface area contributed by atoms with Crippen molar-refractivity contribution in [3.63, 3.8) is 0 Å². The Labute approximate surface area is 191 Å². The van der Waals surface area contributed by atoms with Gasteiger partial charge < -0.3 is 9.47 Å². The predicted octanol–water partition coefficient (Wildman–Crippen LogP) is 4.12. The fourth-order valence-corrected chi connectivity index (χ4v) is 3.37. The third kappa shape index (κ3) is 5.10. The summed E-state index contributed by atoms with van der Waals surface area (Å²) in [6.45, 7) is 2.44. The largest absolute Gasteiger partial charge is 0.490 e. The van der Waals surface area contributed by atoms with Crippen LogP contribution in [0.3, 0.4) is 0 Å². The summed E-state index contributed by atoms with van der Waals surface area (Å²) in [6, 6.07) is 22.6. The summed E-state index contributed by atoms with van der Waals surface area (Å²) in [6.07, 6.45) is 1.43. The number of hydrogen-bond acceptors (Lipinski definition) is 5. The Kier molecular flexibility index (Phi) is 6.50. The second-order valence-electron chi connectivity index (χ2n) is 7.34. The molecule has 0 aromatic heterocycles. The zero-order valence-electron chi connectivity index (χ0n) is 18.0. The number of nitrogens with one attached hydrogen (secondary N) is 1. The second kappa shape index (κ2) is 9.82. The molecule has 1 N–H and O–H groups in total. The molecule has 1 aliphatic heterocycles. The number of para-hydroxylation sites is 2. The summed E-state index contributed by atoms with van der Waals surface area (Å²) in [7, 11) is 0. The number of amides is 4. The van der Waals surface area contributed by atoms with Crippen LogP contribution in [0.25, 0.3) is 6.08 Å². The number of nitrogens with zero attached hydrogens (tertiary/aromatic N) is 1. The summed E-state index contributed by atoms with van der Waals surface area (Å²) in [5.41, 5.74) is 1.65. The molecule has 166 valence electrons. The molecule has 0 aliphatic carbocycles. The van der Waals surface area contributed by atoms with Gasteiger partial charge in [0.15, 0.2) is 0 Å². The molecule has 1 heterocycles. The van der Waals surface area contributed by atoms with Crippen LogP contribution in [0.5, 0.6) is 11.5 Å². The minimum atomic E-state index is -0.782. The average molecular weight is 442 g/mol. The van der Waals surface area contributed by atoms with E-state index in [-0.39, 0.29) is 12.2 Å². The number of aryl methyl sites for hydroxylation is 1. The number of carbonyl (C=O) groups excluding carboxylic acids is 3. The van der Waals surface area contributed by atoms with Crippen LogP contribution in [0.15, 0.2) is 84.4 Å². The van der Waals surface area contributed by atoms with Gasteiger partial charge in [-0.3, -0.25) is 14.9 Å². The molecule has 1 fully saturated rings. The average Bonchev–Trinajstić information content (AvgIpc) is 2.81. The van der Waals surface area contributed by atoms with Crippen molar-refractivity contribution in [2.45, 2.75) is 6.92 Å². The second-order valence-corrected chi connectivity index (χ2v) is 7.34. The van der Waals surface area contributed by atoms with Crippen LogP contribution >= 0.6 is 0 Å². The Morgan fingerprint density at radius 3 is 2.36 bits per heavy atom. The highest BCUT2D eigenvalue weighted by Crippen LogP contribution is 2.26. The summed E-state index contributed by atoms with van der Waals surface area (Å²) in [5.74, 6) is -0.226. The molecule has 3 aromatic carbocycles. The zero-order chi connectivity index (χ0) is 23.2. The van der Waals surface area contributed by atoms with Gasteiger partial charge in [0.2, 0.25) is 0 Å². The highest BCUT2D eigenvalue weighted by molar-refractivity contribution is 6.39. The highest BCUT2D eigenvalue weighted by Gasteiger charge is 2.37. The number of anilines is 1. The van der Waals surface area contributed by atoms with Crippen LogP contribution in [-0.2, 0) is 9.59 Å². The lowest BCUT2D eigenvalue weighted by Gasteiger charge is -2.26. The maximum Gasteiger partial charge on any atom is 0.335 e. The first-order valence-corrected chi connectivity index (χ1v) is 10.4. The molecule has 4 rings (SSSR count). The third-order valence-electron chi connectivity index (χ3n) is 4.93. The highest BCUT2D eigenvalue weighted by atomic mass is 16.5. The number of urea groups is 1. The topological polar surface area (TPSA) is 84.9 Å². The number of benzene rings is 3. The van der Waals surface area contributed by atoms with Crippen molar-refractivity contribution in [3.8, 4) is 11.5 Å². The number of ether oxygens (including phenoxy) is 2. The molecule has 0 atom stereocenters. The third-order valence-corrected chi connectivity index (χ3v) is 4.93. The Balaban J connectivity index is 1.53. The van der Waals surface area contributed by atoms with Crippen molar-refractivity contribution < 1.29 is 23.9 Å². The van der Waals surface area contributed by atoms with Crippen LogP contribution in [0, 0.1) is 6.92 Å². The molecule has 1 saturated heterocycles. The van der Waals surface area contributed by atoms with Crippen LogP contribution in [0.4, 0.5) is 10.5 Å². The molecule has 0 spiro atoms. The van der Waals surface area contributed by atoms with Gasteiger partial charge in [-0.05, 0) is 48.9 Å². The zero-order valence-corrected chi connectivity index (χ0v) is 18.0. The number of rotatable bonds is 7. The molecule has 4 amide bonds. The SMILES string of the molecule is Cc1cccc(N2C(=O)NC(=O)C(=Cc3ccccc3OCCOc3ccccc3)C2=O)c1. The summed E-state index contributed by atoms with van der Waals surface area (Å²) < 4.78 is 11.5. The summed E-state index contributed by atoms with van der Waals surface area (Å²) >= 11 is 0. The Bertz CT molecular complexity index is 1220. The fourth-order valence-electron chi connectivity index (χ4n) is 3.37. The molecule has 7 nitrogen and oxygen atoms in total. The van der Waals surface area contributed by atoms with E-state index in [9.17, 15) is 14.4 Å². The Hall–Kier alpha value is -4.39. The van der Waals surface area contributed by atoms with E-state index in [4.69, 9.17) is 9.47 Å². The molecule has 3 aromatic rings. The Morgan fingerprint density at radius 1 is 0.848 bits per heavy atom. The van der Waals surface area contributed by atoms with Crippen molar-refractivity contribution in [2.24, 2.45) is 0 Å². The molecule has 0 radical (unpaired) electrons. The minimum absolute atomic E-state index is 0.160. The van der Waals surface area contributed by atoms with E-state index in [1.165, 1.54) is 6.08 Å². The van der Waals surface area contributed by atoms with Crippen molar-refractivity contribution >= 4 is 29.6 Å². The normalized spacial score (nSPS) is 14.9. The molecule has 1 aliphatic rings. The van der Waals surface area contributed by atoms with Gasteiger partial charge in [-0.25, -0.2) is 9.69 Å². The molecular weight excluding hydrogens is 420 g/mol. The van der Waals surface area contributed by atoms with E-state index in [2.05, 4.69) is 5.32 Å². The lowest BCUT2D eigenvalue weighted by molar-refractivity contribution is -0.122. The van der Waals surface area contributed by atoms with Gasteiger partial charge in [0.25, 0.3) is 11.8 Å². The monoisotopic (exact) mass is 442 g/mol. The fraction of sp³-hybridized carbons (Fsp3) is 0.115. The van der Waals surface area contributed by atoms with Gasteiger partial charge in [0.05, 0.1) is 5.69 Å². The standard InChI is InChI=1S/C26H22N2O5/c1-18-8-7-10-20(16-18)28-25(30)22(24(29)27-26(28)31)17-19-9-5-6-13-23(19)33-15-14-32-21-11-3-2-4-12-21/h2-13,16-17H,14-15H2,1H3,(H,27,29,31). The van der Waals surface area contributed by atoms with Crippen LogP contribution in [-0.4, -0.2) is 31.1 Å². The van der Waals surface area contributed by atoms with Crippen LogP contribution in [0.1, 0.15) is 11.1 Å². The van der Waals surface area contributed by atoms with E-state index < -0.39 is 17.8 Å². The smallest absolute Gasteiger partial charge is 0.335 e. The van der Waals surface area contributed by atoms with E-state index in [0.717, 1.165) is 16.2 Å². The van der Waals surface area contributed by atoms with Gasteiger partial charge in [0.1, 0.15) is 30.3 Å². The quantitative estimate of drug-likeness (QED) is 0.338. The number of barbiturate groups is 1. The molecule has 33 heavy (non-hydrogen) atoms. The summed E-state index contributed by atoms with van der Waals surface area (Å²) in [5, 5.41) is 2.24. The van der Waals surface area contributed by atoms with Crippen molar-refractivity contribution in [1.29, 1.82) is 0 Å². The first kappa shape index (κ1) is 21.8. The van der Waals surface area contributed by atoms with Gasteiger partial charge in [0, 0.05) is 5.56 Å². The number of hydrogen-bond donors (Lipinski definition) is 1.